The number of aryl methyl sites for hydroxylation is 2. The monoisotopic (exact) mass is 265 g/mol. The van der Waals surface area contributed by atoms with Crippen LogP contribution in [0.2, 0.25) is 0 Å². The van der Waals surface area contributed by atoms with Gasteiger partial charge in [-0.15, -0.1) is 0 Å². The highest BCUT2D eigenvalue weighted by Crippen LogP contribution is 2.28. The molecule has 0 saturated carbocycles. The van der Waals surface area contributed by atoms with Crippen LogP contribution in [0.1, 0.15) is 17.5 Å². The van der Waals surface area contributed by atoms with E-state index in [1.54, 1.807) is 0 Å². The van der Waals surface area contributed by atoms with Crippen molar-refractivity contribution in [3.8, 4) is 11.1 Å². The zero-order chi connectivity index (χ0) is 14.1. The van der Waals surface area contributed by atoms with Gasteiger partial charge >= 0.3 is 0 Å². The first kappa shape index (κ1) is 12.6. The fourth-order valence-electron chi connectivity index (χ4n) is 2.39. The number of anilines is 1. The summed E-state index contributed by atoms with van der Waals surface area (Å²) in [5.74, 6) is -0.858. The Hall–Kier alpha value is -2.42. The van der Waals surface area contributed by atoms with Crippen molar-refractivity contribution in [2.75, 3.05) is 5.32 Å². The van der Waals surface area contributed by atoms with Crippen LogP contribution in [0.5, 0.6) is 0 Å². The van der Waals surface area contributed by atoms with Gasteiger partial charge in [0.15, 0.2) is 0 Å². The molecule has 1 heterocycles. The summed E-state index contributed by atoms with van der Waals surface area (Å²) >= 11 is 0. The summed E-state index contributed by atoms with van der Waals surface area (Å²) in [5, 5.41) is 2.71. The third-order valence-corrected chi connectivity index (χ3v) is 3.62. The normalized spacial score (nSPS) is 14.4. The molecule has 0 saturated heterocycles. The Kier molecular flexibility index (Phi) is 3.11. The van der Waals surface area contributed by atoms with Gasteiger partial charge in [0, 0.05) is 12.1 Å². The lowest BCUT2D eigenvalue weighted by Crippen LogP contribution is -2.20. The van der Waals surface area contributed by atoms with E-state index in [0.29, 0.717) is 6.42 Å². The topological polar surface area (TPSA) is 46.2 Å². The summed E-state index contributed by atoms with van der Waals surface area (Å²) in [4.78, 5) is 23.1. The quantitative estimate of drug-likeness (QED) is 0.805. The van der Waals surface area contributed by atoms with E-state index in [9.17, 15) is 9.59 Å². The summed E-state index contributed by atoms with van der Waals surface area (Å²) in [6.45, 7) is 2.05. The van der Waals surface area contributed by atoms with E-state index in [1.165, 1.54) is 5.56 Å². The molecule has 0 unspecified atom stereocenters. The molecule has 100 valence electrons. The zero-order valence-corrected chi connectivity index (χ0v) is 11.3. The fraction of sp³-hybridized carbons (Fsp3) is 0.176. The molecule has 1 aliphatic heterocycles. The minimum Gasteiger partial charge on any atom is -0.319 e. The van der Waals surface area contributed by atoms with Gasteiger partial charge in [0.25, 0.3) is 5.91 Å². The van der Waals surface area contributed by atoms with E-state index in [1.807, 2.05) is 25.1 Å². The second-order valence-electron chi connectivity index (χ2n) is 5.12. The number of rotatable bonds is 1. The van der Waals surface area contributed by atoms with Crippen molar-refractivity contribution in [3.05, 3.63) is 53.6 Å². The van der Waals surface area contributed by atoms with Gasteiger partial charge in [0.2, 0.25) is 5.78 Å². The highest BCUT2D eigenvalue weighted by atomic mass is 16.2. The Morgan fingerprint density at radius 3 is 2.35 bits per heavy atom. The van der Waals surface area contributed by atoms with E-state index in [2.05, 4.69) is 29.6 Å². The van der Waals surface area contributed by atoms with Gasteiger partial charge in [-0.1, -0.05) is 42.0 Å². The van der Waals surface area contributed by atoms with Crippen LogP contribution >= 0.6 is 0 Å². The van der Waals surface area contributed by atoms with Crippen LogP contribution in [-0.2, 0) is 16.0 Å². The van der Waals surface area contributed by atoms with Crippen molar-refractivity contribution in [2.24, 2.45) is 0 Å². The van der Waals surface area contributed by atoms with Crippen molar-refractivity contribution >= 4 is 17.4 Å². The molecule has 0 atom stereocenters. The maximum Gasteiger partial charge on any atom is 0.291 e. The minimum absolute atomic E-state index is 0.280. The van der Waals surface area contributed by atoms with Gasteiger partial charge in [-0.2, -0.15) is 0 Å². The highest BCUT2D eigenvalue weighted by Gasteiger charge is 2.20. The van der Waals surface area contributed by atoms with Crippen LogP contribution in [0.25, 0.3) is 11.1 Å². The zero-order valence-electron chi connectivity index (χ0n) is 11.3. The molecule has 3 heteroatoms. The maximum atomic E-state index is 11.6. The Balaban J connectivity index is 2.01. The van der Waals surface area contributed by atoms with Gasteiger partial charge in [-0.3, -0.25) is 9.59 Å². The molecule has 0 radical (unpaired) electrons. The molecule has 20 heavy (non-hydrogen) atoms. The number of hydrogen-bond acceptors (Lipinski definition) is 2. The van der Waals surface area contributed by atoms with Crippen molar-refractivity contribution in [3.63, 3.8) is 0 Å². The lowest BCUT2D eigenvalue weighted by molar-refractivity contribution is -0.134. The molecule has 1 amide bonds. The predicted octanol–water partition coefficient (Wildman–Crippen LogP) is 3.12. The lowest BCUT2D eigenvalue weighted by atomic mass is 10.00. The molecular formula is C17H15NO2. The summed E-state index contributed by atoms with van der Waals surface area (Å²) in [6.07, 6.45) is 0.893. The highest BCUT2D eigenvalue weighted by molar-refractivity contribution is 6.41. The largest absolute Gasteiger partial charge is 0.319 e. The van der Waals surface area contributed by atoms with E-state index < -0.39 is 5.91 Å². The standard InChI is InChI=1S/C17H15NO2/c1-11-2-4-12(5-3-11)14-7-6-13-8-9-16(19)17(20)18-15(13)10-14/h2-7,10H,8-9H2,1H3,(H,18,20). The summed E-state index contributed by atoms with van der Waals surface area (Å²) < 4.78 is 0. The molecule has 0 bridgehead atoms. The van der Waals surface area contributed by atoms with E-state index in [-0.39, 0.29) is 12.2 Å². The SMILES string of the molecule is Cc1ccc(-c2ccc3c(c2)NC(=O)C(=O)CC3)cc1. The maximum absolute atomic E-state index is 11.6. The Morgan fingerprint density at radius 1 is 0.900 bits per heavy atom. The van der Waals surface area contributed by atoms with Crippen molar-refractivity contribution in [1.82, 2.24) is 0 Å². The molecule has 0 fully saturated rings. The number of carbonyl (C=O) groups excluding carboxylic acids is 2. The Bertz CT molecular complexity index is 687. The van der Waals surface area contributed by atoms with E-state index >= 15 is 0 Å². The van der Waals surface area contributed by atoms with Crippen LogP contribution < -0.4 is 5.32 Å². The van der Waals surface area contributed by atoms with Crippen LogP contribution in [0, 0.1) is 6.92 Å². The van der Waals surface area contributed by atoms with Crippen LogP contribution in [0.4, 0.5) is 5.69 Å². The molecule has 2 aromatic carbocycles. The molecule has 3 rings (SSSR count). The average molecular weight is 265 g/mol. The summed E-state index contributed by atoms with van der Waals surface area (Å²) in [6, 6.07) is 14.2. The van der Waals surface area contributed by atoms with Crippen LogP contribution in [0.3, 0.4) is 0 Å². The summed E-state index contributed by atoms with van der Waals surface area (Å²) in [7, 11) is 0. The fourth-order valence-corrected chi connectivity index (χ4v) is 2.39. The van der Waals surface area contributed by atoms with Gasteiger partial charge in [-0.05, 0) is 36.1 Å². The van der Waals surface area contributed by atoms with Crippen LogP contribution in [-0.4, -0.2) is 11.7 Å². The first-order valence-electron chi connectivity index (χ1n) is 6.67. The molecule has 1 N–H and O–H groups in total. The second-order valence-corrected chi connectivity index (χ2v) is 5.12. The number of benzene rings is 2. The molecule has 0 spiro atoms. The second kappa shape index (κ2) is 4.93. The minimum atomic E-state index is -0.509. The third kappa shape index (κ3) is 2.35. The van der Waals surface area contributed by atoms with E-state index in [0.717, 1.165) is 22.4 Å². The molecule has 0 aliphatic carbocycles. The Morgan fingerprint density at radius 2 is 1.60 bits per heavy atom. The Labute approximate surface area is 117 Å². The first-order valence-corrected chi connectivity index (χ1v) is 6.67. The van der Waals surface area contributed by atoms with Gasteiger partial charge in [0.1, 0.15) is 0 Å². The van der Waals surface area contributed by atoms with Gasteiger partial charge in [-0.25, -0.2) is 0 Å². The van der Waals surface area contributed by atoms with Gasteiger partial charge in [0.05, 0.1) is 0 Å². The molecular weight excluding hydrogens is 250 g/mol. The molecule has 2 aromatic rings. The lowest BCUT2D eigenvalue weighted by Gasteiger charge is -2.09. The molecule has 0 aromatic heterocycles. The van der Waals surface area contributed by atoms with Crippen LogP contribution in [0.15, 0.2) is 42.5 Å². The number of nitrogens with one attached hydrogen (secondary N) is 1. The summed E-state index contributed by atoms with van der Waals surface area (Å²) in [5.41, 5.74) is 5.11. The van der Waals surface area contributed by atoms with Crippen molar-refractivity contribution < 1.29 is 9.59 Å². The molecule has 3 nitrogen and oxygen atoms in total. The van der Waals surface area contributed by atoms with Gasteiger partial charge < -0.3 is 5.32 Å². The average Bonchev–Trinajstić information content (AvgIpc) is 2.59. The van der Waals surface area contributed by atoms with E-state index in [4.69, 9.17) is 0 Å². The number of amides is 1. The number of Topliss-reactive ketones (excluding diaryl/α,β-unsaturated/α-hetero) is 1. The first-order chi connectivity index (χ1) is 9.63. The number of fused-ring (bicyclic) bond motifs is 1. The third-order valence-electron chi connectivity index (χ3n) is 3.62. The van der Waals surface area contributed by atoms with Crippen molar-refractivity contribution in [1.29, 1.82) is 0 Å². The number of hydrogen-bond donors (Lipinski definition) is 1. The van der Waals surface area contributed by atoms with Crippen molar-refractivity contribution in [2.45, 2.75) is 19.8 Å². The predicted molar refractivity (Wildman–Crippen MR) is 78.6 cm³/mol. The number of ketones is 1. The smallest absolute Gasteiger partial charge is 0.291 e. The molecule has 1 aliphatic rings. The number of carbonyl (C=O) groups is 2.